The lowest BCUT2D eigenvalue weighted by Crippen LogP contribution is -2.37. The topological polar surface area (TPSA) is 85.6 Å². The Kier molecular flexibility index (Phi) is 4.41. The molecule has 4 rings (SSSR count). The van der Waals surface area contributed by atoms with Gasteiger partial charge in [-0.2, -0.15) is 0 Å². The summed E-state index contributed by atoms with van der Waals surface area (Å²) in [6, 6.07) is 5.93. The Balaban J connectivity index is 1.33. The van der Waals surface area contributed by atoms with Gasteiger partial charge in [0.2, 0.25) is 6.79 Å². The molecular weight excluding hydrogens is 320 g/mol. The van der Waals surface area contributed by atoms with Gasteiger partial charge in [0.25, 0.3) is 0 Å². The number of rotatable bonds is 4. The van der Waals surface area contributed by atoms with Gasteiger partial charge in [-0.1, -0.05) is 6.07 Å². The van der Waals surface area contributed by atoms with E-state index in [-0.39, 0.29) is 6.79 Å². The molecule has 132 valence electrons. The second kappa shape index (κ2) is 7.00. The molecule has 0 atom stereocenters. The Morgan fingerprint density at radius 2 is 2.04 bits per heavy atom. The number of aromatic nitrogens is 3. The fourth-order valence-corrected chi connectivity index (χ4v) is 3.12. The van der Waals surface area contributed by atoms with E-state index in [4.69, 9.17) is 9.47 Å². The maximum absolute atomic E-state index is 5.41. The van der Waals surface area contributed by atoms with E-state index in [2.05, 4.69) is 30.4 Å². The van der Waals surface area contributed by atoms with E-state index in [1.807, 2.05) is 18.2 Å². The second-order valence-electron chi connectivity index (χ2n) is 6.11. The zero-order valence-corrected chi connectivity index (χ0v) is 14.3. The highest BCUT2D eigenvalue weighted by molar-refractivity contribution is 5.79. The molecule has 0 saturated carbocycles. The fourth-order valence-electron chi connectivity index (χ4n) is 3.12. The predicted octanol–water partition coefficient (Wildman–Crippen LogP) is 1.21. The number of benzene rings is 1. The summed E-state index contributed by atoms with van der Waals surface area (Å²) in [7, 11) is 1.76. The van der Waals surface area contributed by atoms with Crippen LogP contribution in [0.25, 0.3) is 0 Å². The third-order valence-corrected chi connectivity index (χ3v) is 4.47. The molecule has 1 aromatic heterocycles. The molecule has 0 spiro atoms. The van der Waals surface area contributed by atoms with E-state index in [1.165, 1.54) is 12.8 Å². The van der Waals surface area contributed by atoms with Crippen LogP contribution in [-0.4, -0.2) is 34.6 Å². The molecule has 1 aromatic carbocycles. The Labute approximate surface area is 146 Å². The molecule has 0 bridgehead atoms. The highest BCUT2D eigenvalue weighted by Crippen LogP contribution is 2.32. The van der Waals surface area contributed by atoms with Crippen molar-refractivity contribution in [2.75, 3.05) is 13.8 Å². The van der Waals surface area contributed by atoms with Gasteiger partial charge in [-0.25, -0.2) is 0 Å². The lowest BCUT2D eigenvalue weighted by atomic mass is 10.2. The number of hydrogen-bond donors (Lipinski definition) is 2. The molecule has 0 fully saturated rings. The van der Waals surface area contributed by atoms with Crippen molar-refractivity contribution in [1.29, 1.82) is 0 Å². The minimum Gasteiger partial charge on any atom is -0.454 e. The summed E-state index contributed by atoms with van der Waals surface area (Å²) in [5.41, 5.74) is 1.10. The number of fused-ring (bicyclic) bond motifs is 2. The number of nitrogens with zero attached hydrogens (tertiary/aromatic N) is 4. The summed E-state index contributed by atoms with van der Waals surface area (Å²) in [5.74, 6) is 4.36. The Hall–Kier alpha value is -2.77. The van der Waals surface area contributed by atoms with Gasteiger partial charge in [0.05, 0.1) is 6.54 Å². The van der Waals surface area contributed by atoms with Crippen LogP contribution < -0.4 is 20.1 Å². The third-order valence-electron chi connectivity index (χ3n) is 4.47. The van der Waals surface area contributed by atoms with Crippen LogP contribution in [0, 0.1) is 0 Å². The zero-order chi connectivity index (χ0) is 17.1. The van der Waals surface area contributed by atoms with Crippen molar-refractivity contribution in [2.24, 2.45) is 4.99 Å². The van der Waals surface area contributed by atoms with Crippen LogP contribution in [0.3, 0.4) is 0 Å². The first kappa shape index (κ1) is 15.7. The lowest BCUT2D eigenvalue weighted by molar-refractivity contribution is 0.174. The molecule has 2 aromatic rings. The van der Waals surface area contributed by atoms with Crippen molar-refractivity contribution in [2.45, 2.75) is 38.9 Å². The molecule has 0 radical (unpaired) electrons. The van der Waals surface area contributed by atoms with Gasteiger partial charge in [-0.3, -0.25) is 4.99 Å². The summed E-state index contributed by atoms with van der Waals surface area (Å²) in [6.45, 7) is 2.54. The summed E-state index contributed by atoms with van der Waals surface area (Å²) in [6.07, 6.45) is 3.41. The molecule has 3 heterocycles. The summed E-state index contributed by atoms with van der Waals surface area (Å²) in [4.78, 5) is 4.27. The largest absolute Gasteiger partial charge is 0.454 e. The first-order valence-corrected chi connectivity index (χ1v) is 8.57. The number of ether oxygens (including phenoxy) is 2. The summed E-state index contributed by atoms with van der Waals surface area (Å²) >= 11 is 0. The van der Waals surface area contributed by atoms with E-state index < -0.39 is 0 Å². The van der Waals surface area contributed by atoms with Crippen molar-refractivity contribution < 1.29 is 9.47 Å². The first-order chi connectivity index (χ1) is 12.3. The van der Waals surface area contributed by atoms with Crippen LogP contribution >= 0.6 is 0 Å². The molecule has 0 unspecified atom stereocenters. The van der Waals surface area contributed by atoms with E-state index in [1.54, 1.807) is 7.05 Å². The number of aryl methyl sites for hydroxylation is 1. The maximum Gasteiger partial charge on any atom is 0.231 e. The van der Waals surface area contributed by atoms with Gasteiger partial charge in [-0.05, 0) is 30.5 Å². The van der Waals surface area contributed by atoms with Crippen LogP contribution in [0.15, 0.2) is 23.2 Å². The fraction of sp³-hybridized carbons (Fsp3) is 0.471. The van der Waals surface area contributed by atoms with Gasteiger partial charge in [0.15, 0.2) is 23.3 Å². The smallest absolute Gasteiger partial charge is 0.231 e. The Morgan fingerprint density at radius 1 is 1.16 bits per heavy atom. The number of hydrogen-bond acceptors (Lipinski definition) is 5. The van der Waals surface area contributed by atoms with E-state index in [9.17, 15) is 0 Å². The molecule has 25 heavy (non-hydrogen) atoms. The van der Waals surface area contributed by atoms with Crippen LogP contribution in [-0.2, 0) is 26.1 Å². The monoisotopic (exact) mass is 342 g/mol. The van der Waals surface area contributed by atoms with Gasteiger partial charge in [0.1, 0.15) is 5.82 Å². The van der Waals surface area contributed by atoms with Crippen molar-refractivity contribution in [3.63, 3.8) is 0 Å². The Bertz CT molecular complexity index is 785. The molecule has 0 aliphatic carbocycles. The van der Waals surface area contributed by atoms with Crippen LogP contribution in [0.1, 0.15) is 30.1 Å². The molecule has 8 heteroatoms. The zero-order valence-electron chi connectivity index (χ0n) is 14.3. The second-order valence-corrected chi connectivity index (χ2v) is 6.11. The van der Waals surface area contributed by atoms with Crippen LogP contribution in [0.4, 0.5) is 0 Å². The molecule has 2 aliphatic heterocycles. The van der Waals surface area contributed by atoms with E-state index in [0.717, 1.165) is 47.6 Å². The van der Waals surface area contributed by atoms with Crippen LogP contribution in [0.5, 0.6) is 11.5 Å². The highest BCUT2D eigenvalue weighted by atomic mass is 16.7. The van der Waals surface area contributed by atoms with Gasteiger partial charge < -0.3 is 24.7 Å². The normalized spacial score (nSPS) is 15.8. The minimum atomic E-state index is 0.290. The maximum atomic E-state index is 5.41. The van der Waals surface area contributed by atoms with Gasteiger partial charge in [0, 0.05) is 26.6 Å². The minimum absolute atomic E-state index is 0.290. The number of aliphatic imine (C=N–C) groups is 1. The molecular formula is C17H22N6O2. The average molecular weight is 342 g/mol. The highest BCUT2D eigenvalue weighted by Gasteiger charge is 2.16. The van der Waals surface area contributed by atoms with E-state index in [0.29, 0.717) is 13.1 Å². The van der Waals surface area contributed by atoms with Crippen molar-refractivity contribution in [1.82, 2.24) is 25.4 Å². The van der Waals surface area contributed by atoms with Crippen molar-refractivity contribution in [3.05, 3.63) is 35.4 Å². The summed E-state index contributed by atoms with van der Waals surface area (Å²) < 4.78 is 12.9. The molecule has 2 aliphatic rings. The SMILES string of the molecule is CN=C(NCc1ccc2c(c1)OCO2)NCc1nnc2n1CCCC2. The standard InChI is InChI=1S/C17H22N6O2/c1-18-17(19-9-12-5-6-13-14(8-12)25-11-24-13)20-10-16-22-21-15-4-2-3-7-23(15)16/h5-6,8H,2-4,7,9-11H2,1H3,(H2,18,19,20). The predicted molar refractivity (Wildman–Crippen MR) is 92.6 cm³/mol. The van der Waals surface area contributed by atoms with E-state index >= 15 is 0 Å². The third kappa shape index (κ3) is 3.38. The van der Waals surface area contributed by atoms with Crippen molar-refractivity contribution >= 4 is 5.96 Å². The quantitative estimate of drug-likeness (QED) is 0.642. The molecule has 8 nitrogen and oxygen atoms in total. The van der Waals surface area contributed by atoms with Gasteiger partial charge >= 0.3 is 0 Å². The summed E-state index contributed by atoms with van der Waals surface area (Å²) in [5, 5.41) is 15.2. The van der Waals surface area contributed by atoms with Gasteiger partial charge in [-0.15, -0.1) is 10.2 Å². The first-order valence-electron chi connectivity index (χ1n) is 8.57. The number of guanidine groups is 1. The van der Waals surface area contributed by atoms with Crippen LogP contribution in [0.2, 0.25) is 0 Å². The lowest BCUT2D eigenvalue weighted by Gasteiger charge is -2.16. The molecule has 0 amide bonds. The Morgan fingerprint density at radius 3 is 2.96 bits per heavy atom. The van der Waals surface area contributed by atoms with Crippen molar-refractivity contribution in [3.8, 4) is 11.5 Å². The average Bonchev–Trinajstić information content (AvgIpc) is 3.28. The molecule has 2 N–H and O–H groups in total. The molecule has 0 saturated heterocycles. The number of nitrogens with one attached hydrogen (secondary N) is 2.